The minimum atomic E-state index is -5.10. The summed E-state index contributed by atoms with van der Waals surface area (Å²) in [5.74, 6) is -2.27. The molecule has 2 N–H and O–H groups in total. The van der Waals surface area contributed by atoms with E-state index in [-0.39, 0.29) is 23.7 Å². The molecule has 2 heterocycles. The van der Waals surface area contributed by atoms with Crippen LogP contribution in [0.2, 0.25) is 0 Å². The lowest BCUT2D eigenvalue weighted by atomic mass is 10.0. The lowest BCUT2D eigenvalue weighted by Gasteiger charge is -2.31. The number of fused-ring (bicyclic) bond motifs is 1. The molecule has 5 rings (SSSR count). The zero-order chi connectivity index (χ0) is 30.1. The number of hydrogen-bond donors (Lipinski definition) is 2. The van der Waals surface area contributed by atoms with Crippen LogP contribution in [0.1, 0.15) is 21.7 Å². The molecule has 0 saturated heterocycles. The largest absolute Gasteiger partial charge is 0.573 e. The number of sulfonamides is 1. The van der Waals surface area contributed by atoms with E-state index in [1.165, 1.54) is 48.9 Å². The molecule has 1 aliphatic heterocycles. The number of phenols is 1. The average Bonchev–Trinajstić information content (AvgIpc) is 3.14. The van der Waals surface area contributed by atoms with Crippen molar-refractivity contribution in [2.24, 2.45) is 0 Å². The fourth-order valence-electron chi connectivity index (χ4n) is 4.17. The number of aromatic carboxylic acids is 1. The Morgan fingerprint density at radius 1 is 1.07 bits per heavy atom. The van der Waals surface area contributed by atoms with Crippen molar-refractivity contribution in [2.75, 3.05) is 0 Å². The molecule has 0 saturated carbocycles. The smallest absolute Gasteiger partial charge is 0.507 e. The molecule has 2 bridgehead atoms. The van der Waals surface area contributed by atoms with Gasteiger partial charge in [-0.2, -0.15) is 0 Å². The van der Waals surface area contributed by atoms with Crippen LogP contribution in [0.5, 0.6) is 17.2 Å². The molecule has 10 nitrogen and oxygen atoms in total. The molecule has 3 aromatic rings. The van der Waals surface area contributed by atoms with Crippen molar-refractivity contribution in [1.82, 2.24) is 14.3 Å². The summed E-state index contributed by atoms with van der Waals surface area (Å²) in [7, 11) is -4.56. The second-order valence-corrected chi connectivity index (χ2v) is 10.7. The summed E-state index contributed by atoms with van der Waals surface area (Å²) in [4.78, 5) is 19.2. The minimum Gasteiger partial charge on any atom is -0.507 e. The van der Waals surface area contributed by atoms with Crippen LogP contribution in [0.3, 0.4) is 0 Å². The number of halogens is 3. The van der Waals surface area contributed by atoms with Crippen LogP contribution < -0.4 is 9.47 Å². The van der Waals surface area contributed by atoms with Gasteiger partial charge in [-0.1, -0.05) is 36.4 Å². The molecule has 0 fully saturated rings. The minimum absolute atomic E-state index is 0.0474. The summed E-state index contributed by atoms with van der Waals surface area (Å²) < 4.78 is 76.9. The summed E-state index contributed by atoms with van der Waals surface area (Å²) >= 11 is 0. The number of allylic oxidation sites excluding steroid dienone is 5. The van der Waals surface area contributed by atoms with E-state index in [9.17, 15) is 31.5 Å². The molecular formula is C28H20F3N3O7S. The predicted molar refractivity (Wildman–Crippen MR) is 142 cm³/mol. The van der Waals surface area contributed by atoms with Gasteiger partial charge < -0.3 is 19.7 Å². The predicted octanol–water partition coefficient (Wildman–Crippen LogP) is 4.82. The maximum Gasteiger partial charge on any atom is 0.573 e. The SMILES string of the molecule is O=C(O)c1cc(OCc2cnc(C3=CN(S(=O)(=O)c4ccccc4OC(F)(F)F)C4C=CC=CC3=C4)nc2)ccc1O. The second-order valence-electron chi connectivity index (χ2n) is 8.92. The first kappa shape index (κ1) is 28.4. The number of ether oxygens (including phenoxy) is 2. The number of aromatic nitrogens is 2. The lowest BCUT2D eigenvalue weighted by molar-refractivity contribution is -0.275. The van der Waals surface area contributed by atoms with E-state index in [4.69, 9.17) is 9.84 Å². The van der Waals surface area contributed by atoms with Gasteiger partial charge in [0, 0.05) is 29.7 Å². The summed E-state index contributed by atoms with van der Waals surface area (Å²) in [6.07, 6.45) is 7.22. The van der Waals surface area contributed by atoms with Crippen molar-refractivity contribution < 1.29 is 46.1 Å². The third-order valence-electron chi connectivity index (χ3n) is 6.09. The molecule has 2 aliphatic rings. The monoisotopic (exact) mass is 599 g/mol. The highest BCUT2D eigenvalue weighted by molar-refractivity contribution is 7.89. The summed E-state index contributed by atoms with van der Waals surface area (Å²) in [5, 5.41) is 18.8. The first-order chi connectivity index (χ1) is 19.9. The number of carboxylic acid groups (broad SMARTS) is 1. The van der Waals surface area contributed by atoms with Crippen molar-refractivity contribution in [3.8, 4) is 17.2 Å². The van der Waals surface area contributed by atoms with Crippen LogP contribution >= 0.6 is 0 Å². The number of carbonyl (C=O) groups is 1. The Labute approximate surface area is 237 Å². The van der Waals surface area contributed by atoms with Crippen LogP contribution in [0.25, 0.3) is 5.57 Å². The fourth-order valence-corrected chi connectivity index (χ4v) is 5.71. The van der Waals surface area contributed by atoms with Crippen LogP contribution in [-0.2, 0) is 16.6 Å². The van der Waals surface area contributed by atoms with E-state index >= 15 is 0 Å². The Hall–Kier alpha value is -5.11. The van der Waals surface area contributed by atoms with Gasteiger partial charge >= 0.3 is 12.3 Å². The van der Waals surface area contributed by atoms with Crippen LogP contribution in [-0.4, -0.2) is 51.3 Å². The Kier molecular flexibility index (Phi) is 7.47. The van der Waals surface area contributed by atoms with Crippen molar-refractivity contribution >= 4 is 21.6 Å². The molecule has 1 unspecified atom stereocenters. The van der Waals surface area contributed by atoms with E-state index < -0.39 is 44.8 Å². The Morgan fingerprint density at radius 3 is 2.52 bits per heavy atom. The summed E-state index contributed by atoms with van der Waals surface area (Å²) in [5.41, 5.74) is 1.05. The molecule has 42 heavy (non-hydrogen) atoms. The van der Waals surface area contributed by atoms with E-state index in [2.05, 4.69) is 14.7 Å². The number of alkyl halides is 3. The van der Waals surface area contributed by atoms with Gasteiger partial charge in [-0.25, -0.2) is 23.2 Å². The van der Waals surface area contributed by atoms with Gasteiger partial charge in [0.25, 0.3) is 10.0 Å². The summed E-state index contributed by atoms with van der Waals surface area (Å²) in [6.45, 7) is -0.0474. The molecule has 1 atom stereocenters. The van der Waals surface area contributed by atoms with Gasteiger partial charge in [0.1, 0.15) is 34.3 Å². The van der Waals surface area contributed by atoms with Crippen LogP contribution in [0, 0.1) is 0 Å². The van der Waals surface area contributed by atoms with Gasteiger partial charge in [0.15, 0.2) is 5.82 Å². The normalized spacial score (nSPS) is 16.4. The number of benzene rings is 2. The molecule has 0 amide bonds. The molecule has 14 heteroatoms. The molecule has 0 radical (unpaired) electrons. The molecule has 216 valence electrons. The zero-order valence-electron chi connectivity index (χ0n) is 21.3. The number of nitrogens with zero attached hydrogens (tertiary/aromatic N) is 3. The molecular weight excluding hydrogens is 579 g/mol. The van der Waals surface area contributed by atoms with Gasteiger partial charge in [0.2, 0.25) is 0 Å². The Balaban J connectivity index is 1.43. The van der Waals surface area contributed by atoms with Gasteiger partial charge in [-0.05, 0) is 42.0 Å². The zero-order valence-corrected chi connectivity index (χ0v) is 22.1. The van der Waals surface area contributed by atoms with E-state index in [0.29, 0.717) is 16.7 Å². The highest BCUT2D eigenvalue weighted by atomic mass is 32.2. The van der Waals surface area contributed by atoms with Crippen molar-refractivity contribution in [3.05, 3.63) is 114 Å². The average molecular weight is 600 g/mol. The number of para-hydroxylation sites is 1. The molecule has 1 aliphatic carbocycles. The number of hydrogen-bond acceptors (Lipinski definition) is 8. The van der Waals surface area contributed by atoms with Crippen LogP contribution in [0.4, 0.5) is 13.2 Å². The number of carboxylic acids is 1. The Bertz CT molecular complexity index is 1770. The third-order valence-corrected chi connectivity index (χ3v) is 7.88. The highest BCUT2D eigenvalue weighted by Gasteiger charge is 2.37. The molecule has 2 aromatic carbocycles. The van der Waals surface area contributed by atoms with Gasteiger partial charge in [0.05, 0.1) is 6.04 Å². The first-order valence-corrected chi connectivity index (χ1v) is 13.5. The maximum absolute atomic E-state index is 13.7. The molecule has 1 aromatic heterocycles. The van der Waals surface area contributed by atoms with Crippen molar-refractivity contribution in [2.45, 2.75) is 23.9 Å². The standard InChI is InChI=1S/C28H20F3N3O7S/c29-28(30,31)41-24-7-3-4-8-25(24)42(38,39)34-15-22(18-5-1-2-6-19(34)11-18)26-32-13-17(14-33-26)16-40-20-9-10-23(35)21(12-20)27(36)37/h1-15,19,35H,16H2,(H,36,37). The third kappa shape index (κ3) is 5.98. The van der Waals surface area contributed by atoms with E-state index in [1.54, 1.807) is 30.4 Å². The van der Waals surface area contributed by atoms with E-state index in [1.807, 2.05) is 0 Å². The van der Waals surface area contributed by atoms with Crippen molar-refractivity contribution in [3.63, 3.8) is 0 Å². The maximum atomic E-state index is 13.7. The van der Waals surface area contributed by atoms with Crippen molar-refractivity contribution in [1.29, 1.82) is 0 Å². The topological polar surface area (TPSA) is 139 Å². The second kappa shape index (κ2) is 11.0. The number of rotatable bonds is 8. The Morgan fingerprint density at radius 2 is 1.81 bits per heavy atom. The number of aromatic hydroxyl groups is 1. The van der Waals surface area contributed by atoms with Gasteiger partial charge in [-0.15, -0.1) is 13.2 Å². The first-order valence-electron chi connectivity index (χ1n) is 12.1. The highest BCUT2D eigenvalue weighted by Crippen LogP contribution is 2.37. The summed E-state index contributed by atoms with van der Waals surface area (Å²) in [6, 6.07) is 7.38. The van der Waals surface area contributed by atoms with Crippen LogP contribution in [0.15, 0.2) is 102 Å². The molecule has 0 spiro atoms. The quantitative estimate of drug-likeness (QED) is 0.373. The lowest BCUT2D eigenvalue weighted by Crippen LogP contribution is -2.36. The fraction of sp³-hybridized carbons (Fsp3) is 0.107. The van der Waals surface area contributed by atoms with Gasteiger partial charge in [-0.3, -0.25) is 4.31 Å². The van der Waals surface area contributed by atoms with E-state index in [0.717, 1.165) is 16.4 Å².